The summed E-state index contributed by atoms with van der Waals surface area (Å²) in [5, 5.41) is 10.3. The second-order valence-electron chi connectivity index (χ2n) is 3.59. The largest absolute Gasteiger partial charge is 0.387 e. The van der Waals surface area contributed by atoms with Crippen molar-refractivity contribution in [1.82, 2.24) is 0 Å². The van der Waals surface area contributed by atoms with Gasteiger partial charge in [0.1, 0.15) is 5.82 Å². The number of aliphatic hydroxyl groups is 1. The molecule has 0 bridgehead atoms. The Hall–Kier alpha value is -0.540. The third-order valence-corrected chi connectivity index (χ3v) is 3.79. The summed E-state index contributed by atoms with van der Waals surface area (Å²) in [5.41, 5.74) is 0.397. The Morgan fingerprint density at radius 1 is 1.40 bits per heavy atom. The minimum Gasteiger partial charge on any atom is -0.387 e. The van der Waals surface area contributed by atoms with Crippen LogP contribution in [0.25, 0.3) is 0 Å². The predicted octanol–water partition coefficient (Wildman–Crippen LogP) is 3.39. The van der Waals surface area contributed by atoms with Crippen molar-refractivity contribution in [2.45, 2.75) is 31.6 Å². The number of benzene rings is 1. The molecule has 3 heteroatoms. The Morgan fingerprint density at radius 2 is 2.07 bits per heavy atom. The van der Waals surface area contributed by atoms with E-state index >= 15 is 0 Å². The van der Waals surface area contributed by atoms with Crippen molar-refractivity contribution < 1.29 is 9.50 Å². The highest BCUT2D eigenvalue weighted by Crippen LogP contribution is 2.24. The van der Waals surface area contributed by atoms with Gasteiger partial charge in [-0.3, -0.25) is 0 Å². The second kappa shape index (κ2) is 6.13. The highest BCUT2D eigenvalue weighted by molar-refractivity contribution is 7.99. The third kappa shape index (κ3) is 3.84. The third-order valence-electron chi connectivity index (χ3n) is 2.38. The summed E-state index contributed by atoms with van der Waals surface area (Å²) in [4.78, 5) is 0. The van der Waals surface area contributed by atoms with Crippen molar-refractivity contribution in [1.29, 1.82) is 0 Å². The molecule has 0 aliphatic rings. The SMILES string of the molecule is CCC(C)SCC(O)c1ccccc1F. The van der Waals surface area contributed by atoms with Gasteiger partial charge < -0.3 is 5.11 Å². The minimum absolute atomic E-state index is 0.324. The average molecular weight is 228 g/mol. The zero-order valence-electron chi connectivity index (χ0n) is 9.11. The van der Waals surface area contributed by atoms with Crippen LogP contribution in [-0.4, -0.2) is 16.1 Å². The van der Waals surface area contributed by atoms with Crippen molar-refractivity contribution in [2.24, 2.45) is 0 Å². The first-order valence-corrected chi connectivity index (χ1v) is 6.24. The molecule has 0 saturated carbocycles. The van der Waals surface area contributed by atoms with Crippen LogP contribution in [0.4, 0.5) is 4.39 Å². The van der Waals surface area contributed by atoms with Crippen LogP contribution in [-0.2, 0) is 0 Å². The van der Waals surface area contributed by atoms with Crippen molar-refractivity contribution in [3.8, 4) is 0 Å². The summed E-state index contributed by atoms with van der Waals surface area (Å²) < 4.78 is 13.3. The number of halogens is 1. The van der Waals surface area contributed by atoms with Gasteiger partial charge in [0.15, 0.2) is 0 Å². The molecule has 2 unspecified atom stereocenters. The van der Waals surface area contributed by atoms with E-state index in [0.717, 1.165) is 6.42 Å². The van der Waals surface area contributed by atoms with E-state index in [0.29, 0.717) is 16.6 Å². The normalized spacial score (nSPS) is 14.9. The highest BCUT2D eigenvalue weighted by Gasteiger charge is 2.13. The lowest BCUT2D eigenvalue weighted by molar-refractivity contribution is 0.199. The maximum atomic E-state index is 13.3. The van der Waals surface area contributed by atoms with E-state index in [1.54, 1.807) is 30.0 Å². The Balaban J connectivity index is 2.54. The Bertz CT molecular complexity index is 303. The van der Waals surface area contributed by atoms with Gasteiger partial charge in [0.2, 0.25) is 0 Å². The average Bonchev–Trinajstić information content (AvgIpc) is 2.26. The molecule has 1 aromatic rings. The lowest BCUT2D eigenvalue weighted by Crippen LogP contribution is -2.06. The van der Waals surface area contributed by atoms with E-state index in [-0.39, 0.29) is 5.82 Å². The fourth-order valence-electron chi connectivity index (χ4n) is 1.21. The van der Waals surface area contributed by atoms with E-state index in [4.69, 9.17) is 0 Å². The monoisotopic (exact) mass is 228 g/mol. The molecule has 15 heavy (non-hydrogen) atoms. The van der Waals surface area contributed by atoms with Crippen LogP contribution in [0.5, 0.6) is 0 Å². The van der Waals surface area contributed by atoms with E-state index in [1.807, 2.05) is 0 Å². The summed E-state index contributed by atoms with van der Waals surface area (Å²) in [6, 6.07) is 6.40. The summed E-state index contributed by atoms with van der Waals surface area (Å²) in [5.74, 6) is 0.227. The van der Waals surface area contributed by atoms with Crippen molar-refractivity contribution >= 4 is 11.8 Å². The molecule has 1 N–H and O–H groups in total. The molecule has 1 rings (SSSR count). The molecule has 0 aliphatic heterocycles. The van der Waals surface area contributed by atoms with Gasteiger partial charge in [-0.05, 0) is 12.5 Å². The van der Waals surface area contributed by atoms with Gasteiger partial charge in [-0.2, -0.15) is 11.8 Å². The smallest absolute Gasteiger partial charge is 0.129 e. The first kappa shape index (κ1) is 12.5. The fourth-order valence-corrected chi connectivity index (χ4v) is 2.13. The molecule has 0 radical (unpaired) electrons. The molecule has 0 aromatic heterocycles. The Kier molecular flexibility index (Phi) is 5.12. The summed E-state index contributed by atoms with van der Waals surface area (Å²) in [6.07, 6.45) is 0.361. The van der Waals surface area contributed by atoms with Gasteiger partial charge in [0.25, 0.3) is 0 Å². The van der Waals surface area contributed by atoms with Crippen molar-refractivity contribution in [2.75, 3.05) is 5.75 Å². The van der Waals surface area contributed by atoms with Gasteiger partial charge in [0.05, 0.1) is 6.10 Å². The van der Waals surface area contributed by atoms with E-state index in [9.17, 15) is 9.50 Å². The molecule has 1 nitrogen and oxygen atoms in total. The van der Waals surface area contributed by atoms with Crippen molar-refractivity contribution in [3.63, 3.8) is 0 Å². The van der Waals surface area contributed by atoms with Crippen LogP contribution < -0.4 is 0 Å². The number of hydrogen-bond donors (Lipinski definition) is 1. The quantitative estimate of drug-likeness (QED) is 0.833. The standard InChI is InChI=1S/C12H17FOS/c1-3-9(2)15-8-12(14)10-6-4-5-7-11(10)13/h4-7,9,12,14H,3,8H2,1-2H3. The van der Waals surface area contributed by atoms with Crippen LogP contribution in [0.15, 0.2) is 24.3 Å². The van der Waals surface area contributed by atoms with Gasteiger partial charge >= 0.3 is 0 Å². The van der Waals surface area contributed by atoms with Crippen LogP contribution in [0.1, 0.15) is 31.9 Å². The number of hydrogen-bond acceptors (Lipinski definition) is 2. The van der Waals surface area contributed by atoms with E-state index in [1.165, 1.54) is 6.07 Å². The lowest BCUT2D eigenvalue weighted by Gasteiger charge is -2.14. The van der Waals surface area contributed by atoms with Crippen molar-refractivity contribution in [3.05, 3.63) is 35.6 Å². The van der Waals surface area contributed by atoms with E-state index < -0.39 is 6.10 Å². The number of aliphatic hydroxyl groups excluding tert-OH is 1. The molecule has 84 valence electrons. The van der Waals surface area contributed by atoms with Gasteiger partial charge in [-0.25, -0.2) is 4.39 Å². The Morgan fingerprint density at radius 3 is 2.67 bits per heavy atom. The topological polar surface area (TPSA) is 20.2 Å². The number of thioether (sulfide) groups is 1. The minimum atomic E-state index is -0.704. The zero-order chi connectivity index (χ0) is 11.3. The lowest BCUT2D eigenvalue weighted by atomic mass is 10.1. The first-order valence-electron chi connectivity index (χ1n) is 5.19. The molecular weight excluding hydrogens is 211 g/mol. The molecule has 0 saturated heterocycles. The van der Waals surface area contributed by atoms with Crippen LogP contribution in [0, 0.1) is 5.82 Å². The van der Waals surface area contributed by atoms with Gasteiger partial charge in [-0.1, -0.05) is 32.0 Å². The summed E-state index contributed by atoms with van der Waals surface area (Å²) in [7, 11) is 0. The maximum Gasteiger partial charge on any atom is 0.129 e. The summed E-state index contributed by atoms with van der Waals surface area (Å²) in [6.45, 7) is 4.21. The molecule has 2 atom stereocenters. The Labute approximate surface area is 94.7 Å². The molecule has 0 amide bonds. The summed E-state index contributed by atoms with van der Waals surface area (Å²) >= 11 is 1.67. The van der Waals surface area contributed by atoms with E-state index in [2.05, 4.69) is 13.8 Å². The molecule has 0 aliphatic carbocycles. The second-order valence-corrected chi connectivity index (χ2v) is 5.06. The van der Waals surface area contributed by atoms with Crippen LogP contribution in [0.3, 0.4) is 0 Å². The maximum absolute atomic E-state index is 13.3. The van der Waals surface area contributed by atoms with Crippen LogP contribution >= 0.6 is 11.8 Å². The molecular formula is C12H17FOS. The number of rotatable bonds is 5. The van der Waals surface area contributed by atoms with Crippen LogP contribution in [0.2, 0.25) is 0 Å². The molecule has 0 heterocycles. The molecule has 1 aromatic carbocycles. The van der Waals surface area contributed by atoms with Gasteiger partial charge in [-0.15, -0.1) is 0 Å². The fraction of sp³-hybridized carbons (Fsp3) is 0.500. The predicted molar refractivity (Wildman–Crippen MR) is 63.6 cm³/mol. The van der Waals surface area contributed by atoms with Gasteiger partial charge in [0, 0.05) is 16.6 Å². The molecule has 0 fully saturated rings. The highest BCUT2D eigenvalue weighted by atomic mass is 32.2. The first-order chi connectivity index (χ1) is 7.15. The molecule has 0 spiro atoms. The zero-order valence-corrected chi connectivity index (χ0v) is 9.93.